The van der Waals surface area contributed by atoms with E-state index in [0.29, 0.717) is 0 Å². The minimum Gasteiger partial charge on any atom is -0.312 e. The maximum atomic E-state index is 5.84. The molecule has 0 fully saturated rings. The van der Waals surface area contributed by atoms with Crippen molar-refractivity contribution in [2.45, 2.75) is 13.0 Å². The summed E-state index contributed by atoms with van der Waals surface area (Å²) < 4.78 is 0. The molecule has 0 unspecified atom stereocenters. The third-order valence-electron chi connectivity index (χ3n) is 2.68. The zero-order valence-corrected chi connectivity index (χ0v) is 10.5. The van der Waals surface area contributed by atoms with Gasteiger partial charge in [-0.2, -0.15) is 0 Å². The summed E-state index contributed by atoms with van der Waals surface area (Å²) in [5, 5.41) is 4.23. The molecule has 0 atom stereocenters. The molecule has 0 heterocycles. The Balaban J connectivity index is 1.71. The molecule has 88 valence electrons. The largest absolute Gasteiger partial charge is 0.312 e. The summed E-state index contributed by atoms with van der Waals surface area (Å²) in [6.45, 7) is 1.91. The van der Waals surface area contributed by atoms with E-state index in [4.69, 9.17) is 11.6 Å². The Hall–Kier alpha value is -1.31. The van der Waals surface area contributed by atoms with Crippen LogP contribution in [-0.4, -0.2) is 6.54 Å². The van der Waals surface area contributed by atoms with Gasteiger partial charge >= 0.3 is 0 Å². The molecule has 2 rings (SSSR count). The van der Waals surface area contributed by atoms with Crippen LogP contribution in [-0.2, 0) is 13.0 Å². The number of hydrogen-bond donors (Lipinski definition) is 1. The summed E-state index contributed by atoms with van der Waals surface area (Å²) in [5.41, 5.74) is 2.64. The van der Waals surface area contributed by atoms with Crippen molar-refractivity contribution < 1.29 is 0 Å². The maximum Gasteiger partial charge on any atom is 0.0406 e. The first-order valence-corrected chi connectivity index (χ1v) is 6.21. The van der Waals surface area contributed by atoms with Crippen LogP contribution < -0.4 is 5.32 Å². The van der Waals surface area contributed by atoms with Gasteiger partial charge < -0.3 is 5.32 Å². The van der Waals surface area contributed by atoms with Gasteiger partial charge in [0.25, 0.3) is 0 Å². The first-order chi connectivity index (χ1) is 8.34. The summed E-state index contributed by atoms with van der Waals surface area (Å²) >= 11 is 5.84. The van der Waals surface area contributed by atoms with Crippen LogP contribution in [0, 0.1) is 0 Å². The van der Waals surface area contributed by atoms with E-state index >= 15 is 0 Å². The number of benzene rings is 2. The van der Waals surface area contributed by atoms with Gasteiger partial charge in [-0.15, -0.1) is 0 Å². The van der Waals surface area contributed by atoms with Gasteiger partial charge in [-0.25, -0.2) is 0 Å². The molecule has 2 aromatic carbocycles. The quantitative estimate of drug-likeness (QED) is 0.793. The minimum atomic E-state index is 0.797. The molecule has 0 saturated heterocycles. The third kappa shape index (κ3) is 4.22. The fourth-order valence-electron chi connectivity index (χ4n) is 1.71. The molecule has 2 aromatic rings. The Kier molecular flexibility index (Phi) is 4.60. The second-order valence-electron chi connectivity index (χ2n) is 4.04. The first-order valence-electron chi connectivity index (χ1n) is 5.84. The molecule has 2 heteroatoms. The van der Waals surface area contributed by atoms with Crippen LogP contribution in [0.5, 0.6) is 0 Å². The summed E-state index contributed by atoms with van der Waals surface area (Å²) in [6.07, 6.45) is 1.03. The Morgan fingerprint density at radius 3 is 2.24 bits per heavy atom. The molecule has 0 aliphatic heterocycles. The first kappa shape index (κ1) is 12.2. The van der Waals surface area contributed by atoms with Crippen molar-refractivity contribution in [3.05, 3.63) is 70.7 Å². The van der Waals surface area contributed by atoms with Gasteiger partial charge in [0.15, 0.2) is 0 Å². The molecule has 0 amide bonds. The van der Waals surface area contributed by atoms with Crippen molar-refractivity contribution in [2.75, 3.05) is 6.54 Å². The van der Waals surface area contributed by atoms with Crippen molar-refractivity contribution >= 4 is 11.6 Å². The van der Waals surface area contributed by atoms with Crippen LogP contribution >= 0.6 is 11.6 Å². The van der Waals surface area contributed by atoms with Crippen LogP contribution in [0.4, 0.5) is 0 Å². The van der Waals surface area contributed by atoms with Crippen molar-refractivity contribution in [2.24, 2.45) is 0 Å². The van der Waals surface area contributed by atoms with E-state index in [0.717, 1.165) is 24.5 Å². The van der Waals surface area contributed by atoms with Crippen molar-refractivity contribution in [1.29, 1.82) is 0 Å². The molecule has 0 aliphatic rings. The van der Waals surface area contributed by atoms with Gasteiger partial charge in [-0.05, 0) is 36.2 Å². The normalized spacial score (nSPS) is 10.4. The molecule has 1 nitrogen and oxygen atoms in total. The lowest BCUT2D eigenvalue weighted by Gasteiger charge is -2.05. The Bertz CT molecular complexity index is 436. The van der Waals surface area contributed by atoms with Gasteiger partial charge in [0.2, 0.25) is 0 Å². The molecule has 1 N–H and O–H groups in total. The fraction of sp³-hybridized carbons (Fsp3) is 0.200. The number of nitrogens with one attached hydrogen (secondary N) is 1. The lowest BCUT2D eigenvalue weighted by Crippen LogP contribution is -2.16. The molecule has 0 spiro atoms. The fourth-order valence-corrected chi connectivity index (χ4v) is 1.84. The van der Waals surface area contributed by atoms with E-state index in [1.54, 1.807) is 0 Å². The minimum absolute atomic E-state index is 0.797. The topological polar surface area (TPSA) is 12.0 Å². The monoisotopic (exact) mass is 245 g/mol. The summed E-state index contributed by atoms with van der Waals surface area (Å²) in [6, 6.07) is 18.5. The zero-order valence-electron chi connectivity index (χ0n) is 9.70. The molecule has 0 aromatic heterocycles. The second kappa shape index (κ2) is 6.43. The standard InChI is InChI=1S/C15H16ClN/c16-15-8-6-13(7-9-15)10-11-17-12-14-4-2-1-3-5-14/h1-9,17H,10-12H2. The SMILES string of the molecule is Clc1ccc(CCNCc2ccccc2)cc1. The highest BCUT2D eigenvalue weighted by Crippen LogP contribution is 2.09. The average molecular weight is 246 g/mol. The van der Waals surface area contributed by atoms with Crippen molar-refractivity contribution in [3.63, 3.8) is 0 Å². The van der Waals surface area contributed by atoms with E-state index in [1.165, 1.54) is 11.1 Å². The zero-order chi connectivity index (χ0) is 11.9. The highest BCUT2D eigenvalue weighted by Gasteiger charge is 1.94. The van der Waals surface area contributed by atoms with Gasteiger partial charge in [-0.3, -0.25) is 0 Å². The van der Waals surface area contributed by atoms with Crippen LogP contribution in [0.1, 0.15) is 11.1 Å². The lowest BCUT2D eigenvalue weighted by molar-refractivity contribution is 0.687. The van der Waals surface area contributed by atoms with Crippen molar-refractivity contribution in [3.8, 4) is 0 Å². The second-order valence-corrected chi connectivity index (χ2v) is 4.48. The van der Waals surface area contributed by atoms with Gasteiger partial charge in [0.05, 0.1) is 0 Å². The Labute approximate surface area is 107 Å². The van der Waals surface area contributed by atoms with E-state index in [2.05, 4.69) is 41.7 Å². The van der Waals surface area contributed by atoms with Crippen LogP contribution in [0.15, 0.2) is 54.6 Å². The average Bonchev–Trinajstić information content (AvgIpc) is 2.38. The van der Waals surface area contributed by atoms with E-state index in [1.807, 2.05) is 18.2 Å². The molecule has 0 saturated carbocycles. The smallest absolute Gasteiger partial charge is 0.0406 e. The van der Waals surface area contributed by atoms with E-state index in [9.17, 15) is 0 Å². The third-order valence-corrected chi connectivity index (χ3v) is 2.93. The highest BCUT2D eigenvalue weighted by atomic mass is 35.5. The molecular weight excluding hydrogens is 230 g/mol. The number of rotatable bonds is 5. The molecule has 0 bridgehead atoms. The van der Waals surface area contributed by atoms with Crippen LogP contribution in [0.2, 0.25) is 5.02 Å². The van der Waals surface area contributed by atoms with Gasteiger partial charge in [0, 0.05) is 11.6 Å². The number of hydrogen-bond acceptors (Lipinski definition) is 1. The molecule has 17 heavy (non-hydrogen) atoms. The molecule has 0 aliphatic carbocycles. The Morgan fingerprint density at radius 1 is 0.824 bits per heavy atom. The number of halogens is 1. The molecular formula is C15H16ClN. The maximum absolute atomic E-state index is 5.84. The van der Waals surface area contributed by atoms with Crippen LogP contribution in [0.3, 0.4) is 0 Å². The van der Waals surface area contributed by atoms with E-state index < -0.39 is 0 Å². The Morgan fingerprint density at radius 2 is 1.53 bits per heavy atom. The predicted molar refractivity (Wildman–Crippen MR) is 73.3 cm³/mol. The van der Waals surface area contributed by atoms with E-state index in [-0.39, 0.29) is 0 Å². The highest BCUT2D eigenvalue weighted by molar-refractivity contribution is 6.30. The van der Waals surface area contributed by atoms with Gasteiger partial charge in [0.1, 0.15) is 0 Å². The summed E-state index contributed by atoms with van der Waals surface area (Å²) in [7, 11) is 0. The summed E-state index contributed by atoms with van der Waals surface area (Å²) in [5.74, 6) is 0. The molecule has 0 radical (unpaired) electrons. The predicted octanol–water partition coefficient (Wildman–Crippen LogP) is 3.67. The lowest BCUT2D eigenvalue weighted by atomic mass is 10.1. The van der Waals surface area contributed by atoms with Gasteiger partial charge in [-0.1, -0.05) is 54.1 Å². The van der Waals surface area contributed by atoms with Crippen LogP contribution in [0.25, 0.3) is 0 Å². The van der Waals surface area contributed by atoms with Crippen molar-refractivity contribution in [1.82, 2.24) is 5.32 Å². The summed E-state index contributed by atoms with van der Waals surface area (Å²) in [4.78, 5) is 0.